The summed E-state index contributed by atoms with van der Waals surface area (Å²) in [4.78, 5) is 26.7. The molecule has 5 N–H and O–H groups in total. The number of hydrogen-bond acceptors (Lipinski definition) is 10. The number of cyclic esters (lactones) is 1. The quantitative estimate of drug-likeness (QED) is 0.448. The van der Waals surface area contributed by atoms with Crippen LogP contribution in [-0.2, 0) is 11.2 Å². The van der Waals surface area contributed by atoms with Gasteiger partial charge in [0.15, 0.2) is 17.9 Å². The third kappa shape index (κ3) is 4.29. The lowest BCUT2D eigenvalue weighted by atomic mass is 10.0. The number of ether oxygens (including phenoxy) is 2. The number of aromatic nitrogens is 3. The van der Waals surface area contributed by atoms with Gasteiger partial charge in [-0.25, -0.2) is 14.8 Å². The molecule has 0 aromatic carbocycles. The fourth-order valence-corrected chi connectivity index (χ4v) is 4.84. The van der Waals surface area contributed by atoms with Crippen LogP contribution in [0.4, 0.5) is 16.4 Å². The predicted molar refractivity (Wildman–Crippen MR) is 120 cm³/mol. The molecule has 5 rings (SSSR count). The van der Waals surface area contributed by atoms with Gasteiger partial charge in [0.05, 0.1) is 17.8 Å². The van der Waals surface area contributed by atoms with E-state index in [0.29, 0.717) is 36.2 Å². The summed E-state index contributed by atoms with van der Waals surface area (Å²) in [6.45, 7) is 3.85. The first-order chi connectivity index (χ1) is 15.9. The fraction of sp³-hybridized carbons (Fsp3) is 0.524. The lowest BCUT2D eigenvalue weighted by Crippen LogP contribution is -2.33. The lowest BCUT2D eigenvalue weighted by Gasteiger charge is -2.23. The van der Waals surface area contributed by atoms with Crippen molar-refractivity contribution >= 4 is 29.3 Å². The number of nitrogens with one attached hydrogen (secondary N) is 2. The number of anilines is 2. The molecule has 1 amide bonds. The van der Waals surface area contributed by atoms with Crippen molar-refractivity contribution in [3.8, 4) is 5.88 Å². The van der Waals surface area contributed by atoms with E-state index in [4.69, 9.17) is 26.8 Å². The highest BCUT2D eigenvalue weighted by atomic mass is 35.5. The number of nitrogens with zero attached hydrogens (tertiary/aromatic N) is 4. The van der Waals surface area contributed by atoms with Gasteiger partial charge in [0.25, 0.3) is 5.88 Å². The molecule has 0 spiro atoms. The predicted octanol–water partition coefficient (Wildman–Crippen LogP) is 1.13. The largest absolute Gasteiger partial charge is 0.470 e. The Morgan fingerprint density at radius 3 is 3.06 bits per heavy atom. The van der Waals surface area contributed by atoms with E-state index in [1.165, 1.54) is 11.1 Å². The lowest BCUT2D eigenvalue weighted by molar-refractivity contribution is 0.115. The second-order valence-corrected chi connectivity index (χ2v) is 8.94. The van der Waals surface area contributed by atoms with Crippen molar-refractivity contribution < 1.29 is 19.4 Å². The van der Waals surface area contributed by atoms with Crippen LogP contribution in [0.5, 0.6) is 5.88 Å². The Morgan fingerprint density at radius 1 is 1.39 bits per heavy atom. The van der Waals surface area contributed by atoms with Gasteiger partial charge >= 0.3 is 6.09 Å². The van der Waals surface area contributed by atoms with Crippen LogP contribution in [-0.4, -0.2) is 64.7 Å². The number of nitrogens with two attached hydrogens (primary N) is 1. The molecule has 4 atom stereocenters. The molecular formula is C21H26ClN7O4. The van der Waals surface area contributed by atoms with Crippen molar-refractivity contribution in [2.75, 3.05) is 36.5 Å². The summed E-state index contributed by atoms with van der Waals surface area (Å²) in [6.07, 6.45) is 3.01. The Kier molecular flexibility index (Phi) is 5.95. The molecule has 2 aromatic rings. The van der Waals surface area contributed by atoms with Crippen LogP contribution in [0.2, 0.25) is 5.02 Å². The average molecular weight is 476 g/mol. The molecule has 12 heteroatoms. The van der Waals surface area contributed by atoms with Crippen molar-refractivity contribution in [3.63, 3.8) is 0 Å². The second-order valence-electron chi connectivity index (χ2n) is 8.54. The average Bonchev–Trinajstić information content (AvgIpc) is 3.33. The zero-order valence-electron chi connectivity index (χ0n) is 18.1. The highest BCUT2D eigenvalue weighted by Gasteiger charge is 2.35. The van der Waals surface area contributed by atoms with Gasteiger partial charge in [0.1, 0.15) is 12.7 Å². The number of halogens is 1. The molecule has 4 heterocycles. The summed E-state index contributed by atoms with van der Waals surface area (Å²) in [5.74, 6) is 1.16. The number of amides is 1. The third-order valence-electron chi connectivity index (χ3n) is 6.31. The van der Waals surface area contributed by atoms with E-state index in [9.17, 15) is 9.90 Å². The SMILES string of the molecule is Cc1ncc(Cl)c2c1CC(CNCCC1CN(c3cnc4c(n3)NC(O)CO4)C(=O)O1)C2N. The number of hydrogen-bond donors (Lipinski definition) is 4. The molecule has 3 aliphatic rings. The van der Waals surface area contributed by atoms with Crippen molar-refractivity contribution in [1.82, 2.24) is 20.3 Å². The van der Waals surface area contributed by atoms with Crippen LogP contribution in [0.3, 0.4) is 0 Å². The van der Waals surface area contributed by atoms with E-state index in [1.807, 2.05) is 6.92 Å². The minimum absolute atomic E-state index is 0.0865. The van der Waals surface area contributed by atoms with Gasteiger partial charge in [-0.3, -0.25) is 9.88 Å². The van der Waals surface area contributed by atoms with E-state index >= 15 is 0 Å². The van der Waals surface area contributed by atoms with Crippen LogP contribution in [0, 0.1) is 12.8 Å². The summed E-state index contributed by atoms with van der Waals surface area (Å²) >= 11 is 6.32. The first-order valence-electron chi connectivity index (χ1n) is 10.9. The molecule has 0 radical (unpaired) electrons. The number of aryl methyl sites for hydroxylation is 1. The maximum atomic E-state index is 12.4. The smallest absolute Gasteiger partial charge is 0.415 e. The number of carbonyl (C=O) groups excluding carboxylic acids is 1. The Hall–Kier alpha value is -2.73. The summed E-state index contributed by atoms with van der Waals surface area (Å²) in [5, 5.41) is 16.5. The van der Waals surface area contributed by atoms with Crippen LogP contribution >= 0.6 is 11.6 Å². The molecule has 0 bridgehead atoms. The number of rotatable bonds is 6. The van der Waals surface area contributed by atoms with Gasteiger partial charge in [-0.2, -0.15) is 0 Å². The minimum Gasteiger partial charge on any atom is -0.470 e. The highest BCUT2D eigenvalue weighted by Crippen LogP contribution is 2.39. The zero-order chi connectivity index (χ0) is 23.1. The number of fused-ring (bicyclic) bond motifs is 2. The van der Waals surface area contributed by atoms with Gasteiger partial charge in [-0.15, -0.1) is 0 Å². The van der Waals surface area contributed by atoms with Gasteiger partial charge in [0.2, 0.25) is 0 Å². The van der Waals surface area contributed by atoms with Crippen LogP contribution < -0.4 is 26.0 Å². The van der Waals surface area contributed by atoms with Crippen LogP contribution in [0.1, 0.15) is 29.3 Å². The summed E-state index contributed by atoms with van der Waals surface area (Å²) in [7, 11) is 0. The normalized spacial score (nSPS) is 25.8. The highest BCUT2D eigenvalue weighted by molar-refractivity contribution is 6.31. The van der Waals surface area contributed by atoms with Crippen molar-refractivity contribution in [2.24, 2.45) is 11.7 Å². The van der Waals surface area contributed by atoms with Crippen molar-refractivity contribution in [1.29, 1.82) is 0 Å². The summed E-state index contributed by atoms with van der Waals surface area (Å²) in [5.41, 5.74) is 9.59. The summed E-state index contributed by atoms with van der Waals surface area (Å²) in [6, 6.07) is -0.125. The molecule has 176 valence electrons. The number of aliphatic hydroxyl groups is 1. The molecule has 11 nitrogen and oxygen atoms in total. The van der Waals surface area contributed by atoms with E-state index < -0.39 is 12.3 Å². The van der Waals surface area contributed by atoms with Crippen molar-refractivity contribution in [2.45, 2.75) is 38.1 Å². The van der Waals surface area contributed by atoms with E-state index in [1.54, 1.807) is 6.20 Å². The Bertz CT molecular complexity index is 1070. The standard InChI is InChI=1S/C21H26ClN7O4/c1-10-13-4-11(18(23)17(13)14(22)6-25-10)5-24-3-2-12-8-29(21(31)33-12)15-7-26-20-19(27-15)28-16(30)9-32-20/h6-7,11-12,16,18,24,30H,2-5,8-9,23H2,1H3,(H,27,28). The summed E-state index contributed by atoms with van der Waals surface area (Å²) < 4.78 is 10.8. The van der Waals surface area contributed by atoms with Gasteiger partial charge in [-0.1, -0.05) is 11.6 Å². The van der Waals surface area contributed by atoms with E-state index in [2.05, 4.69) is 25.6 Å². The monoisotopic (exact) mass is 475 g/mol. The molecule has 2 aliphatic heterocycles. The topological polar surface area (TPSA) is 148 Å². The van der Waals surface area contributed by atoms with Gasteiger partial charge in [-0.05, 0) is 43.4 Å². The first-order valence-corrected chi connectivity index (χ1v) is 11.3. The van der Waals surface area contributed by atoms with Gasteiger partial charge < -0.3 is 30.9 Å². The third-order valence-corrected chi connectivity index (χ3v) is 6.61. The minimum atomic E-state index is -0.872. The second kappa shape index (κ2) is 8.90. The molecule has 4 unspecified atom stereocenters. The Balaban J connectivity index is 1.12. The fourth-order valence-electron chi connectivity index (χ4n) is 4.55. The number of pyridine rings is 1. The first kappa shape index (κ1) is 22.1. The van der Waals surface area contributed by atoms with E-state index in [-0.39, 0.29) is 30.6 Å². The maximum absolute atomic E-state index is 12.4. The molecule has 2 aromatic heterocycles. The maximum Gasteiger partial charge on any atom is 0.415 e. The Labute approximate surface area is 195 Å². The molecule has 1 aliphatic carbocycles. The molecule has 0 saturated carbocycles. The molecule has 1 fully saturated rings. The Morgan fingerprint density at radius 2 is 2.24 bits per heavy atom. The molecular weight excluding hydrogens is 450 g/mol. The van der Waals surface area contributed by atoms with Crippen LogP contribution in [0.25, 0.3) is 0 Å². The zero-order valence-corrected chi connectivity index (χ0v) is 18.9. The van der Waals surface area contributed by atoms with Crippen LogP contribution in [0.15, 0.2) is 12.4 Å². The van der Waals surface area contributed by atoms with Crippen molar-refractivity contribution in [3.05, 3.63) is 34.2 Å². The number of carbonyl (C=O) groups is 1. The van der Waals surface area contributed by atoms with Gasteiger partial charge in [0, 0.05) is 24.5 Å². The number of aliphatic hydroxyl groups excluding tert-OH is 1. The molecule has 1 saturated heterocycles. The van der Waals surface area contributed by atoms with E-state index in [0.717, 1.165) is 29.8 Å². The molecule has 33 heavy (non-hydrogen) atoms.